The molecule has 0 radical (unpaired) electrons. The molecule has 8 heteroatoms. The Kier molecular flexibility index (Phi) is 3.61. The second-order valence-corrected chi connectivity index (χ2v) is 4.03. The topological polar surface area (TPSA) is 63.0 Å². The van der Waals surface area contributed by atoms with Crippen LogP contribution in [0.3, 0.4) is 0 Å². The van der Waals surface area contributed by atoms with E-state index < -0.39 is 17.2 Å². The van der Waals surface area contributed by atoms with Crippen molar-refractivity contribution in [2.45, 2.75) is 6.92 Å². The first-order valence-electron chi connectivity index (χ1n) is 5.17. The number of nitrogens with one attached hydrogen (secondary N) is 1. The molecule has 0 unspecified atom stereocenters. The van der Waals surface area contributed by atoms with Crippen LogP contribution in [-0.2, 0) is 0 Å². The number of H-pyrrole nitrogens is 1. The van der Waals surface area contributed by atoms with Gasteiger partial charge in [0.25, 0.3) is 5.56 Å². The number of benzene rings is 1. The van der Waals surface area contributed by atoms with E-state index in [1.807, 2.05) is 0 Å². The monoisotopic (exact) mass is 282 g/mol. The van der Waals surface area contributed by atoms with Crippen molar-refractivity contribution < 1.29 is 8.78 Å². The number of nitrogens with zero attached hydrogens (tertiary/aromatic N) is 3. The second kappa shape index (κ2) is 5.19. The van der Waals surface area contributed by atoms with Gasteiger partial charge in [-0.3, -0.25) is 9.89 Å². The van der Waals surface area contributed by atoms with Crippen molar-refractivity contribution in [2.75, 3.05) is 0 Å². The van der Waals surface area contributed by atoms with E-state index in [-0.39, 0.29) is 16.0 Å². The van der Waals surface area contributed by atoms with Gasteiger partial charge in [-0.25, -0.2) is 8.78 Å². The van der Waals surface area contributed by atoms with Gasteiger partial charge in [0.2, 0.25) is 4.77 Å². The summed E-state index contributed by atoms with van der Waals surface area (Å²) in [5.74, 6) is -1.47. The quantitative estimate of drug-likeness (QED) is 0.674. The third-order valence-corrected chi connectivity index (χ3v) is 2.55. The molecule has 19 heavy (non-hydrogen) atoms. The molecule has 1 N–H and O–H groups in total. The summed E-state index contributed by atoms with van der Waals surface area (Å²) in [6, 6.07) is 3.02. The molecule has 1 heterocycles. The minimum Gasteiger partial charge on any atom is -0.265 e. The summed E-state index contributed by atoms with van der Waals surface area (Å²) in [7, 11) is 0. The minimum absolute atomic E-state index is 0.0191. The Hall–Kier alpha value is -2.22. The summed E-state index contributed by atoms with van der Waals surface area (Å²) in [5, 5.41) is 9.86. The molecular formula is C11H8F2N4OS. The van der Waals surface area contributed by atoms with Crippen molar-refractivity contribution in [1.29, 1.82) is 0 Å². The summed E-state index contributed by atoms with van der Waals surface area (Å²) < 4.78 is 26.9. The summed E-state index contributed by atoms with van der Waals surface area (Å²) in [4.78, 5) is 11.7. The van der Waals surface area contributed by atoms with E-state index in [1.54, 1.807) is 0 Å². The average Bonchev–Trinajstić information content (AvgIpc) is 2.36. The van der Waals surface area contributed by atoms with Crippen LogP contribution in [0.15, 0.2) is 28.1 Å². The molecule has 0 atom stereocenters. The Morgan fingerprint density at radius 3 is 2.89 bits per heavy atom. The molecule has 1 aromatic heterocycles. The van der Waals surface area contributed by atoms with Crippen molar-refractivity contribution in [3.05, 3.63) is 56.2 Å². The van der Waals surface area contributed by atoms with Gasteiger partial charge in [-0.15, -0.1) is 0 Å². The van der Waals surface area contributed by atoms with E-state index >= 15 is 0 Å². The Morgan fingerprint density at radius 2 is 2.21 bits per heavy atom. The van der Waals surface area contributed by atoms with Gasteiger partial charge in [-0.1, -0.05) is 0 Å². The first-order valence-corrected chi connectivity index (χ1v) is 5.57. The Bertz CT molecular complexity index is 766. The summed E-state index contributed by atoms with van der Waals surface area (Å²) in [6.07, 6.45) is 1.08. The predicted octanol–water partition coefficient (Wildman–Crippen LogP) is 1.77. The number of hydrogen-bond donors (Lipinski definition) is 1. The van der Waals surface area contributed by atoms with Crippen molar-refractivity contribution in [3.8, 4) is 0 Å². The highest BCUT2D eigenvalue weighted by Gasteiger charge is 2.03. The molecular weight excluding hydrogens is 274 g/mol. The fraction of sp³-hybridized carbons (Fsp3) is 0.0909. The molecule has 0 aliphatic carbocycles. The lowest BCUT2D eigenvalue weighted by Gasteiger charge is -2.00. The molecule has 0 fully saturated rings. The molecule has 1 aromatic carbocycles. The van der Waals surface area contributed by atoms with E-state index in [0.29, 0.717) is 0 Å². The van der Waals surface area contributed by atoms with Crippen LogP contribution in [0.25, 0.3) is 0 Å². The number of hydrogen-bond acceptors (Lipinski definition) is 4. The van der Waals surface area contributed by atoms with E-state index in [4.69, 9.17) is 12.2 Å². The summed E-state index contributed by atoms with van der Waals surface area (Å²) in [6.45, 7) is 1.48. The van der Waals surface area contributed by atoms with Crippen molar-refractivity contribution >= 4 is 18.4 Å². The zero-order chi connectivity index (χ0) is 14.0. The lowest BCUT2D eigenvalue weighted by molar-refractivity contribution is 0.582. The lowest BCUT2D eigenvalue weighted by atomic mass is 10.2. The fourth-order valence-electron chi connectivity index (χ4n) is 1.30. The molecule has 98 valence electrons. The van der Waals surface area contributed by atoms with Crippen LogP contribution < -0.4 is 5.56 Å². The molecule has 2 rings (SSSR count). The SMILES string of the molecule is Cc1n[nH]c(=S)n(N=Cc2ccc(F)cc2F)c1=O. The molecule has 0 spiro atoms. The highest BCUT2D eigenvalue weighted by molar-refractivity contribution is 7.71. The Morgan fingerprint density at radius 1 is 1.47 bits per heavy atom. The number of aromatic amines is 1. The van der Waals surface area contributed by atoms with Crippen molar-refractivity contribution in [1.82, 2.24) is 14.9 Å². The van der Waals surface area contributed by atoms with Gasteiger partial charge in [-0.2, -0.15) is 14.9 Å². The molecule has 0 amide bonds. The standard InChI is InChI=1S/C11H8F2N4OS/c1-6-10(18)17(11(19)16-15-6)14-5-7-2-3-8(12)4-9(7)13/h2-5H,1H3,(H,16,19). The van der Waals surface area contributed by atoms with E-state index in [2.05, 4.69) is 15.3 Å². The average molecular weight is 282 g/mol. The first-order chi connectivity index (χ1) is 8.99. The maximum Gasteiger partial charge on any atom is 0.296 e. The zero-order valence-corrected chi connectivity index (χ0v) is 10.5. The van der Waals surface area contributed by atoms with Crippen LogP contribution in [0, 0.1) is 23.3 Å². The smallest absolute Gasteiger partial charge is 0.265 e. The Balaban J connectivity index is 2.47. The van der Waals surface area contributed by atoms with Gasteiger partial charge in [0.1, 0.15) is 17.3 Å². The normalized spacial score (nSPS) is 11.1. The molecule has 0 aliphatic heterocycles. The summed E-state index contributed by atoms with van der Waals surface area (Å²) in [5.41, 5.74) is -0.301. The van der Waals surface area contributed by atoms with Crippen LogP contribution in [0.4, 0.5) is 8.78 Å². The molecule has 0 saturated heterocycles. The third-order valence-electron chi connectivity index (χ3n) is 2.29. The van der Waals surface area contributed by atoms with E-state index in [0.717, 1.165) is 23.0 Å². The summed E-state index contributed by atoms with van der Waals surface area (Å²) >= 11 is 4.85. The highest BCUT2D eigenvalue weighted by atomic mass is 32.1. The zero-order valence-electron chi connectivity index (χ0n) is 9.72. The molecule has 0 aliphatic rings. The van der Waals surface area contributed by atoms with Crippen LogP contribution in [0.5, 0.6) is 0 Å². The van der Waals surface area contributed by atoms with Gasteiger partial charge in [-0.05, 0) is 31.3 Å². The predicted molar refractivity (Wildman–Crippen MR) is 67.8 cm³/mol. The molecule has 0 bridgehead atoms. The Labute approximate surface area is 111 Å². The van der Waals surface area contributed by atoms with Crippen LogP contribution in [0.2, 0.25) is 0 Å². The van der Waals surface area contributed by atoms with Gasteiger partial charge in [0.15, 0.2) is 0 Å². The molecule has 2 aromatic rings. The fourth-order valence-corrected chi connectivity index (χ4v) is 1.48. The van der Waals surface area contributed by atoms with Gasteiger partial charge < -0.3 is 0 Å². The van der Waals surface area contributed by atoms with Crippen molar-refractivity contribution in [2.24, 2.45) is 5.10 Å². The lowest BCUT2D eigenvalue weighted by Crippen LogP contribution is -2.22. The highest BCUT2D eigenvalue weighted by Crippen LogP contribution is 2.07. The third kappa shape index (κ3) is 2.79. The van der Waals surface area contributed by atoms with E-state index in [9.17, 15) is 13.6 Å². The second-order valence-electron chi connectivity index (χ2n) is 3.64. The van der Waals surface area contributed by atoms with Gasteiger partial charge in [0.05, 0.1) is 6.21 Å². The molecule has 5 nitrogen and oxygen atoms in total. The number of halogens is 2. The van der Waals surface area contributed by atoms with Crippen LogP contribution in [0.1, 0.15) is 11.3 Å². The number of aryl methyl sites for hydroxylation is 1. The van der Waals surface area contributed by atoms with Crippen LogP contribution in [-0.4, -0.2) is 21.1 Å². The van der Waals surface area contributed by atoms with Gasteiger partial charge in [0, 0.05) is 11.6 Å². The maximum atomic E-state index is 13.4. The van der Waals surface area contributed by atoms with Crippen LogP contribution >= 0.6 is 12.2 Å². The number of rotatable bonds is 2. The first kappa shape index (κ1) is 13.2. The minimum atomic E-state index is -0.780. The van der Waals surface area contributed by atoms with E-state index in [1.165, 1.54) is 13.0 Å². The number of aromatic nitrogens is 3. The van der Waals surface area contributed by atoms with Gasteiger partial charge >= 0.3 is 0 Å². The maximum absolute atomic E-state index is 13.4. The largest absolute Gasteiger partial charge is 0.296 e. The molecule has 0 saturated carbocycles. The van der Waals surface area contributed by atoms with Crippen molar-refractivity contribution in [3.63, 3.8) is 0 Å².